The third kappa shape index (κ3) is 4.90. The summed E-state index contributed by atoms with van der Waals surface area (Å²) in [5, 5.41) is 0. The lowest BCUT2D eigenvalue weighted by atomic mass is 9.84. The summed E-state index contributed by atoms with van der Waals surface area (Å²) < 4.78 is 19.0. The van der Waals surface area contributed by atoms with Crippen molar-refractivity contribution in [3.05, 3.63) is 42.5 Å². The maximum atomic E-state index is 13.9. The number of imidazole rings is 1. The van der Waals surface area contributed by atoms with Crippen molar-refractivity contribution in [2.75, 3.05) is 14.2 Å². The summed E-state index contributed by atoms with van der Waals surface area (Å²) in [6.07, 6.45) is 3.99. The van der Waals surface area contributed by atoms with E-state index in [0.29, 0.717) is 36.6 Å². The van der Waals surface area contributed by atoms with Gasteiger partial charge in [0.05, 0.1) is 30.8 Å². The van der Waals surface area contributed by atoms with E-state index in [2.05, 4.69) is 13.8 Å². The summed E-state index contributed by atoms with van der Waals surface area (Å²) in [5.74, 6) is 0.925. The van der Waals surface area contributed by atoms with Crippen LogP contribution in [0.3, 0.4) is 0 Å². The van der Waals surface area contributed by atoms with E-state index >= 15 is 0 Å². The number of ether oxygens (including phenoxy) is 3. The molecule has 1 atom stereocenters. The van der Waals surface area contributed by atoms with Gasteiger partial charge in [0.25, 0.3) is 5.91 Å². The van der Waals surface area contributed by atoms with E-state index in [1.54, 1.807) is 20.3 Å². The minimum atomic E-state index is -1.26. The number of para-hydroxylation sites is 2. The zero-order chi connectivity index (χ0) is 25.9. The molecule has 1 heterocycles. The van der Waals surface area contributed by atoms with E-state index < -0.39 is 23.5 Å². The molecule has 1 fully saturated rings. The number of nitrogens with zero attached hydrogens (tertiary/aromatic N) is 2. The second kappa shape index (κ2) is 10.6. The van der Waals surface area contributed by atoms with Crippen molar-refractivity contribution in [1.82, 2.24) is 9.55 Å². The van der Waals surface area contributed by atoms with Crippen LogP contribution in [0.5, 0.6) is 11.5 Å². The number of primary amides is 1. The van der Waals surface area contributed by atoms with Crippen LogP contribution in [0.15, 0.2) is 42.5 Å². The first-order chi connectivity index (χ1) is 17.3. The van der Waals surface area contributed by atoms with E-state index in [1.807, 2.05) is 41.0 Å². The summed E-state index contributed by atoms with van der Waals surface area (Å²) in [7, 11) is 3.18. The Balaban J connectivity index is 1.87. The normalized spacial score (nSPS) is 16.0. The Morgan fingerprint density at radius 1 is 1.06 bits per heavy atom. The molecule has 0 saturated heterocycles. The van der Waals surface area contributed by atoms with Crippen LogP contribution >= 0.6 is 0 Å². The van der Waals surface area contributed by atoms with E-state index in [0.717, 1.165) is 35.9 Å². The highest BCUT2D eigenvalue weighted by molar-refractivity contribution is 5.89. The van der Waals surface area contributed by atoms with Gasteiger partial charge in [-0.2, -0.15) is 0 Å². The average Bonchev–Trinajstić information content (AvgIpc) is 3.26. The molecule has 0 aliphatic heterocycles. The quantitative estimate of drug-likeness (QED) is 0.419. The number of esters is 1. The van der Waals surface area contributed by atoms with Crippen LogP contribution in [0.4, 0.5) is 0 Å². The van der Waals surface area contributed by atoms with Crippen LogP contribution in [0.2, 0.25) is 0 Å². The largest absolute Gasteiger partial charge is 0.497 e. The molecule has 4 rings (SSSR count). The van der Waals surface area contributed by atoms with Gasteiger partial charge >= 0.3 is 5.97 Å². The minimum Gasteiger partial charge on any atom is -0.497 e. The maximum Gasteiger partial charge on any atom is 0.330 e. The van der Waals surface area contributed by atoms with Crippen molar-refractivity contribution < 1.29 is 23.8 Å². The number of carbonyl (C=O) groups is 2. The maximum absolute atomic E-state index is 13.9. The molecule has 0 radical (unpaired) electrons. The third-order valence-electron chi connectivity index (χ3n) is 6.93. The molecule has 8 heteroatoms. The van der Waals surface area contributed by atoms with E-state index in [4.69, 9.17) is 24.9 Å². The lowest BCUT2D eigenvalue weighted by Gasteiger charge is -2.35. The van der Waals surface area contributed by atoms with Crippen molar-refractivity contribution in [3.8, 4) is 22.9 Å². The number of fused-ring (bicyclic) bond motifs is 1. The molecular weight excluding hydrogens is 458 g/mol. The van der Waals surface area contributed by atoms with Gasteiger partial charge in [0.1, 0.15) is 23.4 Å². The van der Waals surface area contributed by atoms with Crippen LogP contribution in [0, 0.1) is 5.92 Å². The number of hydrogen-bond acceptors (Lipinski definition) is 6. The van der Waals surface area contributed by atoms with Gasteiger partial charge in [-0.05, 0) is 62.3 Å². The number of nitrogens with two attached hydrogens (primary N) is 1. The number of methoxy groups -OCH3 is 2. The van der Waals surface area contributed by atoms with Crippen LogP contribution in [-0.2, 0) is 14.3 Å². The van der Waals surface area contributed by atoms with Crippen LogP contribution in [0.1, 0.15) is 58.4 Å². The Morgan fingerprint density at radius 2 is 1.78 bits per heavy atom. The van der Waals surface area contributed by atoms with Gasteiger partial charge in [0, 0.05) is 6.07 Å². The number of hydrogen-bond donors (Lipinski definition) is 1. The first kappa shape index (κ1) is 25.5. The average molecular weight is 494 g/mol. The van der Waals surface area contributed by atoms with Crippen LogP contribution in [-0.4, -0.2) is 41.2 Å². The molecular formula is C28H35N3O5. The molecule has 2 N–H and O–H groups in total. The van der Waals surface area contributed by atoms with E-state index in [1.165, 1.54) is 0 Å². The third-order valence-corrected chi connectivity index (χ3v) is 6.93. The lowest BCUT2D eigenvalue weighted by Crippen LogP contribution is -2.50. The first-order valence-electron chi connectivity index (χ1n) is 12.5. The van der Waals surface area contributed by atoms with Crippen LogP contribution < -0.4 is 15.2 Å². The van der Waals surface area contributed by atoms with Gasteiger partial charge in [0.2, 0.25) is 0 Å². The van der Waals surface area contributed by atoms with Gasteiger partial charge in [-0.15, -0.1) is 0 Å². The minimum absolute atomic E-state index is 0.171. The highest BCUT2D eigenvalue weighted by Crippen LogP contribution is 2.39. The van der Waals surface area contributed by atoms with Crippen molar-refractivity contribution in [1.29, 1.82) is 0 Å². The lowest BCUT2D eigenvalue weighted by molar-refractivity contribution is -0.174. The van der Waals surface area contributed by atoms with Gasteiger partial charge in [-0.3, -0.25) is 4.79 Å². The Labute approximate surface area is 211 Å². The van der Waals surface area contributed by atoms with Gasteiger partial charge in [-0.25, -0.2) is 9.78 Å². The van der Waals surface area contributed by atoms with Crippen LogP contribution in [0.25, 0.3) is 22.4 Å². The van der Waals surface area contributed by atoms with Gasteiger partial charge in [0.15, 0.2) is 5.60 Å². The number of benzene rings is 2. The summed E-state index contributed by atoms with van der Waals surface area (Å²) >= 11 is 0. The topological polar surface area (TPSA) is 106 Å². The molecule has 1 aliphatic carbocycles. The number of amides is 1. The summed E-state index contributed by atoms with van der Waals surface area (Å²) in [4.78, 5) is 31.3. The summed E-state index contributed by atoms with van der Waals surface area (Å²) in [6, 6.07) is 12.5. The van der Waals surface area contributed by atoms with Gasteiger partial charge < -0.3 is 24.5 Å². The summed E-state index contributed by atoms with van der Waals surface area (Å²) in [5.41, 5.74) is 6.78. The zero-order valence-electron chi connectivity index (χ0n) is 21.5. The fraction of sp³-hybridized carbons (Fsp3) is 0.464. The highest BCUT2D eigenvalue weighted by Gasteiger charge is 2.44. The number of aromatic nitrogens is 2. The Bertz CT molecular complexity index is 1240. The fourth-order valence-electron chi connectivity index (χ4n) is 5.07. The van der Waals surface area contributed by atoms with E-state index in [-0.39, 0.29) is 5.92 Å². The smallest absolute Gasteiger partial charge is 0.330 e. The second-order valence-electron chi connectivity index (χ2n) is 9.85. The van der Waals surface area contributed by atoms with E-state index in [9.17, 15) is 9.59 Å². The SMILES string of the molecule is COc1ccc(-c2nc3ccccc3n2C(CC(C)C)C(=O)OC2(C(N)=O)CCCCC2)c(OC)c1. The molecule has 8 nitrogen and oxygen atoms in total. The Hall–Kier alpha value is -3.55. The number of carbonyl (C=O) groups excluding carboxylic acids is 2. The molecule has 0 spiro atoms. The highest BCUT2D eigenvalue weighted by atomic mass is 16.6. The molecule has 2 aromatic carbocycles. The standard InChI is InChI=1S/C28H35N3O5/c1-18(2)16-23(26(32)36-28(27(29)33)14-8-5-9-15-28)31-22-11-7-6-10-21(22)30-25(31)20-13-12-19(34-3)17-24(20)35-4/h6-7,10-13,17-18,23H,5,8-9,14-16H2,1-4H3,(H2,29,33). The Morgan fingerprint density at radius 3 is 2.42 bits per heavy atom. The van der Waals surface area contributed by atoms with Crippen molar-refractivity contribution in [2.45, 2.75) is 64.0 Å². The molecule has 1 amide bonds. The molecule has 3 aromatic rings. The molecule has 1 unspecified atom stereocenters. The van der Waals surface area contributed by atoms with Crippen molar-refractivity contribution in [3.63, 3.8) is 0 Å². The molecule has 1 saturated carbocycles. The summed E-state index contributed by atoms with van der Waals surface area (Å²) in [6.45, 7) is 4.11. The number of rotatable bonds is 9. The molecule has 1 aromatic heterocycles. The van der Waals surface area contributed by atoms with Gasteiger partial charge in [-0.1, -0.05) is 32.4 Å². The fourth-order valence-corrected chi connectivity index (χ4v) is 5.07. The van der Waals surface area contributed by atoms with Crippen molar-refractivity contribution in [2.24, 2.45) is 11.7 Å². The Kier molecular flexibility index (Phi) is 7.52. The zero-order valence-corrected chi connectivity index (χ0v) is 21.5. The predicted octanol–water partition coefficient (Wildman–Crippen LogP) is 5.04. The molecule has 1 aliphatic rings. The predicted molar refractivity (Wildman–Crippen MR) is 138 cm³/mol. The second-order valence-corrected chi connectivity index (χ2v) is 9.85. The monoisotopic (exact) mass is 493 g/mol. The molecule has 0 bridgehead atoms. The first-order valence-corrected chi connectivity index (χ1v) is 12.5. The molecule has 36 heavy (non-hydrogen) atoms. The van der Waals surface area contributed by atoms with Crippen molar-refractivity contribution >= 4 is 22.9 Å². The molecule has 192 valence electrons.